The van der Waals surface area contributed by atoms with Crippen LogP contribution in [0.4, 0.5) is 0 Å². The van der Waals surface area contributed by atoms with Crippen LogP contribution < -0.4 is 0 Å². The number of aliphatic hydroxyl groups excluding tert-OH is 1. The number of carbonyl (C=O) groups excluding carboxylic acids is 2. The second kappa shape index (κ2) is 10.5. The van der Waals surface area contributed by atoms with Crippen LogP contribution in [-0.2, 0) is 23.9 Å². The van der Waals surface area contributed by atoms with Crippen molar-refractivity contribution in [3.63, 3.8) is 0 Å². The zero-order valence-electron chi connectivity index (χ0n) is 13.0. The average molecular weight is 320 g/mol. The van der Waals surface area contributed by atoms with Crippen molar-refractivity contribution in [2.24, 2.45) is 0 Å². The van der Waals surface area contributed by atoms with Crippen molar-refractivity contribution in [2.45, 2.75) is 19.4 Å². The molecule has 0 aromatic carbocycles. The molecule has 0 heterocycles. The molecule has 0 aromatic heterocycles. The van der Waals surface area contributed by atoms with E-state index in [1.807, 2.05) is 21.1 Å². The molecule has 0 unspecified atom stereocenters. The minimum absolute atomic E-state index is 0.144. The largest absolute Gasteiger partial charge is 0.478 e. The molecule has 3 N–H and O–H groups in total. The van der Waals surface area contributed by atoms with Crippen LogP contribution in [0.3, 0.4) is 0 Å². The predicted octanol–water partition coefficient (Wildman–Crippen LogP) is -0.755. The number of ether oxygens (including phenoxy) is 1. The number of aliphatic hydroxyl groups is 1. The smallest absolute Gasteiger partial charge is 0.328 e. The van der Waals surface area contributed by atoms with Gasteiger partial charge in [-0.05, 0) is 0 Å². The summed E-state index contributed by atoms with van der Waals surface area (Å²) in [5, 5.41) is 25.1. The fourth-order valence-electron chi connectivity index (χ4n) is 1.23. The van der Waals surface area contributed by atoms with Gasteiger partial charge in [0.1, 0.15) is 12.6 Å². The van der Waals surface area contributed by atoms with Crippen molar-refractivity contribution in [3.8, 4) is 0 Å². The highest BCUT2D eigenvalue weighted by atomic mass is 16.6. The van der Waals surface area contributed by atoms with Gasteiger partial charge < -0.3 is 24.5 Å². The van der Waals surface area contributed by atoms with E-state index in [0.717, 1.165) is 6.92 Å². The molecular weight excluding hydrogens is 298 g/mol. The van der Waals surface area contributed by atoms with Gasteiger partial charge >= 0.3 is 23.9 Å². The maximum atomic E-state index is 10.9. The lowest BCUT2D eigenvalue weighted by molar-refractivity contribution is -0.873. The van der Waals surface area contributed by atoms with Crippen LogP contribution in [0.15, 0.2) is 12.2 Å². The zero-order valence-corrected chi connectivity index (χ0v) is 13.0. The summed E-state index contributed by atoms with van der Waals surface area (Å²) in [5.41, 5.74) is 0. The fraction of sp³-hybridized carbons (Fsp3) is 0.538. The Bertz CT molecular complexity index is 420. The van der Waals surface area contributed by atoms with Crippen LogP contribution in [0.2, 0.25) is 0 Å². The van der Waals surface area contributed by atoms with Gasteiger partial charge in [-0.15, -0.1) is 0 Å². The van der Waals surface area contributed by atoms with Gasteiger partial charge in [-0.25, -0.2) is 9.59 Å². The summed E-state index contributed by atoms with van der Waals surface area (Å²) in [6.45, 7) is 1.59. The maximum Gasteiger partial charge on any atom is 0.328 e. The number of esters is 2. The molecule has 1 atom stereocenters. The third-order valence-corrected chi connectivity index (χ3v) is 1.79. The Balaban J connectivity index is 0. The van der Waals surface area contributed by atoms with Crippen LogP contribution in [0.25, 0.3) is 0 Å². The number of carboxylic acids is 2. The van der Waals surface area contributed by atoms with E-state index in [0.29, 0.717) is 23.2 Å². The van der Waals surface area contributed by atoms with Crippen LogP contribution in [0, 0.1) is 0 Å². The summed E-state index contributed by atoms with van der Waals surface area (Å²) in [5.74, 6) is -3.84. The summed E-state index contributed by atoms with van der Waals surface area (Å²) in [4.78, 5) is 40.4. The summed E-state index contributed by atoms with van der Waals surface area (Å²) in [6.07, 6.45) is 0.196. The van der Waals surface area contributed by atoms with Crippen LogP contribution in [0.1, 0.15) is 13.3 Å². The Morgan fingerprint density at radius 3 is 1.73 bits per heavy atom. The lowest BCUT2D eigenvalue weighted by Gasteiger charge is -2.26. The molecule has 0 aliphatic carbocycles. The first-order valence-electron chi connectivity index (χ1n) is 6.17. The highest BCUT2D eigenvalue weighted by Crippen LogP contribution is 2.00. The lowest BCUT2D eigenvalue weighted by Crippen LogP contribution is -2.42. The summed E-state index contributed by atoms with van der Waals surface area (Å²) in [6, 6.07) is 0. The Morgan fingerprint density at radius 2 is 1.45 bits per heavy atom. The number of likely N-dealkylation sites (N-methyl/N-ethyl adjacent to an activating group) is 1. The van der Waals surface area contributed by atoms with E-state index in [4.69, 9.17) is 10.2 Å². The van der Waals surface area contributed by atoms with E-state index >= 15 is 0 Å². The molecular formula is C13H22NO8+. The number of nitrogens with zero attached hydrogens (tertiary/aromatic N) is 1. The van der Waals surface area contributed by atoms with E-state index in [-0.39, 0.29) is 6.42 Å². The number of rotatable bonds is 6. The summed E-state index contributed by atoms with van der Waals surface area (Å²) < 4.78 is 4.84. The monoisotopic (exact) mass is 320 g/mol. The second-order valence-electron chi connectivity index (χ2n) is 5.31. The quantitative estimate of drug-likeness (QED) is 0.251. The standard InChI is InChI=1S/C9H18NO4.C4H4O4/c1-7(11)14-9(13)5-8(12)6-10(2,3)4;5-3(6)1-2-4(7)8/h8,12H,5-6H2,1-4H3;1-2H,(H,5,6)(H,7,8)/q+1;/b;2-1+/t8-;/m0./s1. The minimum atomic E-state index is -1.26. The third kappa shape index (κ3) is 20.1. The predicted molar refractivity (Wildman–Crippen MR) is 74.7 cm³/mol. The molecule has 9 nitrogen and oxygen atoms in total. The van der Waals surface area contributed by atoms with E-state index in [9.17, 15) is 24.3 Å². The Hall–Kier alpha value is -2.26. The van der Waals surface area contributed by atoms with E-state index in [1.165, 1.54) is 0 Å². The van der Waals surface area contributed by atoms with Gasteiger partial charge in [-0.3, -0.25) is 9.59 Å². The molecule has 0 radical (unpaired) electrons. The number of aliphatic carboxylic acids is 2. The number of hydrogen-bond acceptors (Lipinski definition) is 6. The highest BCUT2D eigenvalue weighted by Gasteiger charge is 2.20. The second-order valence-corrected chi connectivity index (χ2v) is 5.31. The molecule has 0 aliphatic heterocycles. The molecule has 0 bridgehead atoms. The normalized spacial score (nSPS) is 12.0. The first-order chi connectivity index (χ1) is 9.83. The SMILES string of the molecule is CC(=O)OC(=O)C[C@H](O)C[N+](C)(C)C.O=C(O)/C=C/C(=O)O. The maximum absolute atomic E-state index is 10.9. The molecule has 0 amide bonds. The topological polar surface area (TPSA) is 138 Å². The van der Waals surface area contributed by atoms with E-state index in [1.54, 1.807) is 0 Å². The first-order valence-corrected chi connectivity index (χ1v) is 6.17. The van der Waals surface area contributed by atoms with Crippen molar-refractivity contribution >= 4 is 23.9 Å². The number of carboxylic acid groups (broad SMARTS) is 2. The van der Waals surface area contributed by atoms with E-state index in [2.05, 4.69) is 4.74 Å². The Kier molecular flexibility index (Phi) is 10.5. The molecule has 0 fully saturated rings. The van der Waals surface area contributed by atoms with Crippen LogP contribution in [0.5, 0.6) is 0 Å². The number of hydrogen-bond donors (Lipinski definition) is 3. The van der Waals surface area contributed by atoms with Gasteiger partial charge in [0, 0.05) is 19.1 Å². The minimum Gasteiger partial charge on any atom is -0.478 e. The molecule has 0 aromatic rings. The molecule has 0 aliphatic rings. The lowest BCUT2D eigenvalue weighted by atomic mass is 10.2. The van der Waals surface area contributed by atoms with Gasteiger partial charge in [0.25, 0.3) is 0 Å². The molecule has 9 heteroatoms. The molecule has 0 rings (SSSR count). The molecule has 0 saturated heterocycles. The zero-order chi connectivity index (χ0) is 17.9. The van der Waals surface area contributed by atoms with Gasteiger partial charge in [0.2, 0.25) is 0 Å². The molecule has 0 spiro atoms. The van der Waals surface area contributed by atoms with Crippen molar-refractivity contribution in [3.05, 3.63) is 12.2 Å². The van der Waals surface area contributed by atoms with Crippen LogP contribution in [-0.4, -0.2) is 77.5 Å². The van der Waals surface area contributed by atoms with E-state index < -0.39 is 30.0 Å². The van der Waals surface area contributed by atoms with Crippen molar-refractivity contribution in [1.82, 2.24) is 0 Å². The molecule has 0 saturated carbocycles. The molecule has 22 heavy (non-hydrogen) atoms. The van der Waals surface area contributed by atoms with Gasteiger partial charge in [-0.2, -0.15) is 0 Å². The third-order valence-electron chi connectivity index (χ3n) is 1.79. The summed E-state index contributed by atoms with van der Waals surface area (Å²) >= 11 is 0. The average Bonchev–Trinajstić information content (AvgIpc) is 2.22. The van der Waals surface area contributed by atoms with Crippen LogP contribution >= 0.6 is 0 Å². The first kappa shape index (κ1) is 22.0. The summed E-state index contributed by atoms with van der Waals surface area (Å²) in [7, 11) is 5.71. The fourth-order valence-corrected chi connectivity index (χ4v) is 1.23. The van der Waals surface area contributed by atoms with Gasteiger partial charge in [0.05, 0.1) is 27.6 Å². The van der Waals surface area contributed by atoms with Crippen molar-refractivity contribution in [2.75, 3.05) is 27.7 Å². The van der Waals surface area contributed by atoms with Crippen molar-refractivity contribution < 1.29 is 43.7 Å². The van der Waals surface area contributed by atoms with Crippen molar-refractivity contribution in [1.29, 1.82) is 0 Å². The highest BCUT2D eigenvalue weighted by molar-refractivity contribution is 5.89. The Labute approximate surface area is 128 Å². The van der Waals surface area contributed by atoms with Gasteiger partial charge in [-0.1, -0.05) is 0 Å². The van der Waals surface area contributed by atoms with Gasteiger partial charge in [0.15, 0.2) is 0 Å². The molecule has 126 valence electrons. The Morgan fingerprint density at radius 1 is 1.05 bits per heavy atom. The number of carbonyl (C=O) groups is 4. The number of quaternary nitrogens is 1.